The van der Waals surface area contributed by atoms with Gasteiger partial charge in [0.2, 0.25) is 0 Å². The first-order valence-corrected chi connectivity index (χ1v) is 9.24. The summed E-state index contributed by atoms with van der Waals surface area (Å²) < 4.78 is 10.1. The van der Waals surface area contributed by atoms with Crippen molar-refractivity contribution in [3.8, 4) is 5.75 Å². The highest BCUT2D eigenvalue weighted by Gasteiger charge is 2.10. The smallest absolute Gasteiger partial charge is 0.331 e. The van der Waals surface area contributed by atoms with Gasteiger partial charge in [-0.05, 0) is 48.2 Å². The zero-order chi connectivity index (χ0) is 18.9. The quantitative estimate of drug-likeness (QED) is 0.434. The van der Waals surface area contributed by atoms with Gasteiger partial charge >= 0.3 is 5.97 Å². The number of carbonyl (C=O) groups is 2. The molecule has 0 aliphatic rings. The lowest BCUT2D eigenvalue weighted by atomic mass is 10.2. The lowest BCUT2D eigenvalue weighted by Crippen LogP contribution is -2.20. The van der Waals surface area contributed by atoms with Gasteiger partial charge in [0.1, 0.15) is 5.75 Å². The molecule has 0 saturated carbocycles. The fourth-order valence-electron chi connectivity index (χ4n) is 2.03. The number of esters is 1. The molecule has 0 aliphatic heterocycles. The summed E-state index contributed by atoms with van der Waals surface area (Å²) in [4.78, 5) is 24.8. The first kappa shape index (κ1) is 19.9. The van der Waals surface area contributed by atoms with Crippen LogP contribution in [0.1, 0.15) is 5.56 Å². The molecular weight excluding hydrogens is 374 g/mol. The van der Waals surface area contributed by atoms with Crippen LogP contribution in [0.15, 0.2) is 53.4 Å². The van der Waals surface area contributed by atoms with E-state index in [9.17, 15) is 9.59 Å². The van der Waals surface area contributed by atoms with Crippen molar-refractivity contribution in [2.45, 2.75) is 4.90 Å². The van der Waals surface area contributed by atoms with Gasteiger partial charge in [0.05, 0.1) is 12.8 Å². The molecule has 1 N–H and O–H groups in total. The molecule has 0 atom stereocenters. The van der Waals surface area contributed by atoms with E-state index in [0.717, 1.165) is 10.5 Å². The molecule has 0 spiro atoms. The average molecular weight is 392 g/mol. The molecule has 0 heterocycles. The van der Waals surface area contributed by atoms with Gasteiger partial charge in [0, 0.05) is 16.0 Å². The molecule has 2 aromatic rings. The third-order valence-electron chi connectivity index (χ3n) is 3.31. The summed E-state index contributed by atoms with van der Waals surface area (Å²) in [5.74, 6) is -0.633. The van der Waals surface area contributed by atoms with E-state index in [0.29, 0.717) is 16.5 Å². The van der Waals surface area contributed by atoms with Gasteiger partial charge in [-0.15, -0.1) is 11.8 Å². The highest BCUT2D eigenvalue weighted by Crippen LogP contribution is 2.27. The van der Waals surface area contributed by atoms with Gasteiger partial charge in [0.15, 0.2) is 6.61 Å². The Morgan fingerprint density at radius 2 is 1.92 bits per heavy atom. The number of benzene rings is 2. The van der Waals surface area contributed by atoms with Gasteiger partial charge in [-0.2, -0.15) is 0 Å². The van der Waals surface area contributed by atoms with E-state index in [1.54, 1.807) is 36.0 Å². The molecule has 5 nitrogen and oxygen atoms in total. The Labute approximate surface area is 161 Å². The van der Waals surface area contributed by atoms with E-state index in [-0.39, 0.29) is 0 Å². The lowest BCUT2D eigenvalue weighted by molar-refractivity contribution is -0.142. The normalized spacial score (nSPS) is 10.6. The number of ether oxygens (including phenoxy) is 2. The van der Waals surface area contributed by atoms with Crippen LogP contribution in [0.2, 0.25) is 5.02 Å². The van der Waals surface area contributed by atoms with Crippen molar-refractivity contribution >= 4 is 47.0 Å². The summed E-state index contributed by atoms with van der Waals surface area (Å²) in [7, 11) is 1.48. The Kier molecular flexibility index (Phi) is 7.56. The SMILES string of the molecule is COc1ccc(Cl)cc1NC(=O)COC(=O)/C=C/c1ccc(SC)cc1. The summed E-state index contributed by atoms with van der Waals surface area (Å²) in [6.07, 6.45) is 4.90. The van der Waals surface area contributed by atoms with Gasteiger partial charge in [0.25, 0.3) is 5.91 Å². The minimum Gasteiger partial charge on any atom is -0.495 e. The van der Waals surface area contributed by atoms with Crippen molar-refractivity contribution in [3.63, 3.8) is 0 Å². The number of rotatable bonds is 7. The van der Waals surface area contributed by atoms with Gasteiger partial charge in [-0.3, -0.25) is 4.79 Å². The Hall–Kier alpha value is -2.44. The third kappa shape index (κ3) is 6.13. The summed E-state index contributed by atoms with van der Waals surface area (Å²) in [6.45, 7) is -0.412. The van der Waals surface area contributed by atoms with E-state index in [4.69, 9.17) is 21.1 Å². The predicted molar refractivity (Wildman–Crippen MR) is 105 cm³/mol. The van der Waals surface area contributed by atoms with Crippen molar-refractivity contribution in [2.24, 2.45) is 0 Å². The molecule has 0 aromatic heterocycles. The molecule has 2 aromatic carbocycles. The number of thioether (sulfide) groups is 1. The van der Waals surface area contributed by atoms with Crippen LogP contribution in [0.3, 0.4) is 0 Å². The van der Waals surface area contributed by atoms with Crippen LogP contribution in [-0.4, -0.2) is 31.8 Å². The van der Waals surface area contributed by atoms with Crippen LogP contribution in [0.25, 0.3) is 6.08 Å². The number of hydrogen-bond donors (Lipinski definition) is 1. The van der Waals surface area contributed by atoms with E-state index in [2.05, 4.69) is 5.32 Å². The third-order valence-corrected chi connectivity index (χ3v) is 4.29. The molecule has 0 aliphatic carbocycles. The van der Waals surface area contributed by atoms with Crippen molar-refractivity contribution in [1.29, 1.82) is 0 Å². The predicted octanol–water partition coefficient (Wildman–Crippen LogP) is 4.27. The highest BCUT2D eigenvalue weighted by atomic mass is 35.5. The number of halogens is 1. The molecular formula is C19H18ClNO4S. The average Bonchev–Trinajstić information content (AvgIpc) is 2.65. The summed E-state index contributed by atoms with van der Waals surface area (Å²) in [6, 6.07) is 12.5. The highest BCUT2D eigenvalue weighted by molar-refractivity contribution is 7.98. The summed E-state index contributed by atoms with van der Waals surface area (Å²) >= 11 is 7.54. The fourth-order valence-corrected chi connectivity index (χ4v) is 2.61. The Balaban J connectivity index is 1.85. The molecule has 0 unspecified atom stereocenters. The van der Waals surface area contributed by atoms with Crippen molar-refractivity contribution in [1.82, 2.24) is 0 Å². The Bertz CT molecular complexity index is 806. The maximum absolute atomic E-state index is 11.9. The number of methoxy groups -OCH3 is 1. The fraction of sp³-hybridized carbons (Fsp3) is 0.158. The minimum atomic E-state index is -0.604. The summed E-state index contributed by atoms with van der Waals surface area (Å²) in [5.41, 5.74) is 1.28. The second-order valence-corrected chi connectivity index (χ2v) is 6.42. The van der Waals surface area contributed by atoms with Crippen LogP contribution >= 0.6 is 23.4 Å². The van der Waals surface area contributed by atoms with Crippen LogP contribution in [-0.2, 0) is 14.3 Å². The molecule has 0 radical (unpaired) electrons. The van der Waals surface area contributed by atoms with Gasteiger partial charge in [-0.25, -0.2) is 4.79 Å². The van der Waals surface area contributed by atoms with Gasteiger partial charge < -0.3 is 14.8 Å². The Morgan fingerprint density at radius 1 is 1.19 bits per heavy atom. The molecule has 0 bridgehead atoms. The lowest BCUT2D eigenvalue weighted by Gasteiger charge is -2.10. The minimum absolute atomic E-state index is 0.408. The van der Waals surface area contributed by atoms with Crippen LogP contribution in [0.5, 0.6) is 5.75 Å². The van der Waals surface area contributed by atoms with E-state index < -0.39 is 18.5 Å². The monoisotopic (exact) mass is 391 g/mol. The Morgan fingerprint density at radius 3 is 2.58 bits per heavy atom. The molecule has 0 fully saturated rings. The van der Waals surface area contributed by atoms with E-state index in [1.165, 1.54) is 13.2 Å². The number of nitrogens with one attached hydrogen (secondary N) is 1. The molecule has 7 heteroatoms. The summed E-state index contributed by atoms with van der Waals surface area (Å²) in [5, 5.41) is 3.04. The topological polar surface area (TPSA) is 64.6 Å². The molecule has 0 saturated heterocycles. The molecule has 2 rings (SSSR count). The van der Waals surface area contributed by atoms with Crippen LogP contribution < -0.4 is 10.1 Å². The maximum Gasteiger partial charge on any atom is 0.331 e. The van der Waals surface area contributed by atoms with Gasteiger partial charge in [-0.1, -0.05) is 23.7 Å². The second-order valence-electron chi connectivity index (χ2n) is 5.11. The van der Waals surface area contributed by atoms with Crippen molar-refractivity contribution < 1.29 is 19.1 Å². The zero-order valence-corrected chi connectivity index (χ0v) is 15.9. The van der Waals surface area contributed by atoms with Crippen molar-refractivity contribution in [3.05, 3.63) is 59.1 Å². The molecule has 1 amide bonds. The second kappa shape index (κ2) is 9.89. The number of hydrogen-bond acceptors (Lipinski definition) is 5. The number of anilines is 1. The maximum atomic E-state index is 11.9. The first-order chi connectivity index (χ1) is 12.5. The molecule has 26 heavy (non-hydrogen) atoms. The van der Waals surface area contributed by atoms with Crippen LogP contribution in [0.4, 0.5) is 5.69 Å². The van der Waals surface area contributed by atoms with Crippen LogP contribution in [0, 0.1) is 0 Å². The standard InChI is InChI=1S/C19H18ClNO4S/c1-24-17-9-6-14(20)11-16(17)21-18(22)12-25-19(23)10-5-13-3-7-15(26-2)8-4-13/h3-11H,12H2,1-2H3,(H,21,22)/b10-5+. The van der Waals surface area contributed by atoms with E-state index in [1.807, 2.05) is 30.5 Å². The largest absolute Gasteiger partial charge is 0.495 e. The molecule has 136 valence electrons. The first-order valence-electron chi connectivity index (χ1n) is 7.64. The van der Waals surface area contributed by atoms with E-state index >= 15 is 0 Å². The number of carbonyl (C=O) groups excluding carboxylic acids is 2. The zero-order valence-electron chi connectivity index (χ0n) is 14.3. The number of amides is 1. The van der Waals surface area contributed by atoms with Crippen molar-refractivity contribution in [2.75, 3.05) is 25.3 Å².